The Morgan fingerprint density at radius 3 is 1.87 bits per heavy atom. The summed E-state index contributed by atoms with van der Waals surface area (Å²) >= 11 is 0. The first kappa shape index (κ1) is 27.0. The van der Waals surface area contributed by atoms with Crippen LogP contribution in [-0.2, 0) is 10.8 Å². The van der Waals surface area contributed by atoms with Crippen molar-refractivity contribution in [3.05, 3.63) is 151 Å². The van der Waals surface area contributed by atoms with Gasteiger partial charge >= 0.3 is 0 Å². The van der Waals surface area contributed by atoms with Gasteiger partial charge < -0.3 is 9.32 Å². The topological polar surface area (TPSA) is 16.4 Å². The van der Waals surface area contributed by atoms with E-state index in [-0.39, 0.29) is 10.8 Å². The highest BCUT2D eigenvalue weighted by Crippen LogP contribution is 2.56. The smallest absolute Gasteiger partial charge is 0.137 e. The molecule has 2 heteroatoms. The Bertz CT molecular complexity index is 2480. The molecule has 0 radical (unpaired) electrons. The van der Waals surface area contributed by atoms with Crippen molar-refractivity contribution in [1.29, 1.82) is 0 Å². The molecule has 1 heterocycles. The highest BCUT2D eigenvalue weighted by Gasteiger charge is 2.46. The number of benzene rings is 7. The SMILES string of the molecule is CC1(C)c2cc(N(c3ccccc3)c3ccc4c(c3)oc3ccccc34)ccc2-c2cc3c(ccc4ccccc43)cc2C1(C)C. The predicted molar refractivity (Wildman–Crippen MR) is 195 cm³/mol. The van der Waals surface area contributed by atoms with Crippen LogP contribution in [-0.4, -0.2) is 0 Å². The zero-order valence-electron chi connectivity index (χ0n) is 26.6. The van der Waals surface area contributed by atoms with Gasteiger partial charge in [-0.3, -0.25) is 0 Å². The second kappa shape index (κ2) is 9.58. The molecule has 0 atom stereocenters. The molecule has 0 saturated carbocycles. The van der Waals surface area contributed by atoms with E-state index in [1.165, 1.54) is 43.8 Å². The summed E-state index contributed by atoms with van der Waals surface area (Å²) in [7, 11) is 0. The van der Waals surface area contributed by atoms with E-state index in [0.717, 1.165) is 39.0 Å². The Kier molecular flexibility index (Phi) is 5.63. The third kappa shape index (κ3) is 3.77. The van der Waals surface area contributed by atoms with Crippen LogP contribution in [0.1, 0.15) is 38.8 Å². The van der Waals surface area contributed by atoms with Crippen molar-refractivity contribution in [2.45, 2.75) is 38.5 Å². The van der Waals surface area contributed by atoms with Gasteiger partial charge in [-0.2, -0.15) is 0 Å². The molecule has 0 saturated heterocycles. The Morgan fingerprint density at radius 1 is 0.413 bits per heavy atom. The summed E-state index contributed by atoms with van der Waals surface area (Å²) in [5.74, 6) is 0. The summed E-state index contributed by atoms with van der Waals surface area (Å²) < 4.78 is 6.34. The third-order valence-corrected chi connectivity index (χ3v) is 11.0. The largest absolute Gasteiger partial charge is 0.456 e. The van der Waals surface area contributed by atoms with Crippen LogP contribution in [0.3, 0.4) is 0 Å². The number of nitrogens with zero attached hydrogens (tertiary/aromatic N) is 1. The second-order valence-corrected chi connectivity index (χ2v) is 13.8. The molecule has 2 nitrogen and oxygen atoms in total. The van der Waals surface area contributed by atoms with Crippen molar-refractivity contribution in [3.8, 4) is 11.1 Å². The minimum atomic E-state index is -0.124. The van der Waals surface area contributed by atoms with Crippen molar-refractivity contribution in [3.63, 3.8) is 0 Å². The van der Waals surface area contributed by atoms with E-state index in [1.54, 1.807) is 0 Å². The Balaban J connectivity index is 1.27. The lowest BCUT2D eigenvalue weighted by Crippen LogP contribution is -2.43. The molecule has 0 spiro atoms. The summed E-state index contributed by atoms with van der Waals surface area (Å²) in [6.07, 6.45) is 0. The lowest BCUT2D eigenvalue weighted by Gasteiger charge is -2.48. The van der Waals surface area contributed by atoms with Crippen molar-refractivity contribution in [2.75, 3.05) is 4.90 Å². The van der Waals surface area contributed by atoms with E-state index in [1.807, 2.05) is 12.1 Å². The maximum atomic E-state index is 6.34. The molecular weight excluding hydrogens is 558 g/mol. The summed E-state index contributed by atoms with van der Waals surface area (Å²) in [5.41, 5.74) is 10.3. The normalized spacial score (nSPS) is 14.9. The molecule has 0 unspecified atom stereocenters. The van der Waals surface area contributed by atoms with Crippen LogP contribution in [0.25, 0.3) is 54.6 Å². The Hall–Kier alpha value is -5.34. The first-order valence-electron chi connectivity index (χ1n) is 16.2. The van der Waals surface area contributed by atoms with E-state index in [2.05, 4.69) is 160 Å². The maximum absolute atomic E-state index is 6.34. The summed E-state index contributed by atoms with van der Waals surface area (Å²) in [6.45, 7) is 9.66. The molecule has 8 aromatic rings. The van der Waals surface area contributed by atoms with Gasteiger partial charge in [-0.1, -0.05) is 107 Å². The maximum Gasteiger partial charge on any atom is 0.137 e. The number of anilines is 3. The number of hydrogen-bond acceptors (Lipinski definition) is 2. The molecule has 0 amide bonds. The molecule has 222 valence electrons. The number of furan rings is 1. The zero-order chi connectivity index (χ0) is 31.2. The molecule has 0 N–H and O–H groups in total. The summed E-state index contributed by atoms with van der Waals surface area (Å²) in [5, 5.41) is 7.48. The van der Waals surface area contributed by atoms with Gasteiger partial charge in [0.1, 0.15) is 11.2 Å². The van der Waals surface area contributed by atoms with Gasteiger partial charge in [-0.15, -0.1) is 0 Å². The van der Waals surface area contributed by atoms with E-state index < -0.39 is 0 Å². The molecule has 1 aliphatic carbocycles. The van der Waals surface area contributed by atoms with E-state index in [4.69, 9.17) is 4.42 Å². The number of fused-ring (bicyclic) bond motifs is 9. The standard InChI is InChI=1S/C44H35NO/c1-43(2)39-24-29-19-18-28-12-8-9-15-33(28)37(29)27-38(39)34-22-20-31(25-40(34)44(43,3)4)45(30-13-6-5-7-14-30)32-21-23-36-35-16-10-11-17-41(35)46-42(36)26-32/h5-27H,1-4H3. The van der Waals surface area contributed by atoms with Gasteiger partial charge in [0.2, 0.25) is 0 Å². The fourth-order valence-corrected chi connectivity index (χ4v) is 7.77. The average molecular weight is 594 g/mol. The summed E-state index contributed by atoms with van der Waals surface area (Å²) in [6, 6.07) is 50.8. The number of rotatable bonds is 3. The van der Waals surface area contributed by atoms with Crippen molar-refractivity contribution < 1.29 is 4.42 Å². The molecule has 0 aliphatic heterocycles. The zero-order valence-corrected chi connectivity index (χ0v) is 26.6. The van der Waals surface area contributed by atoms with E-state index in [0.29, 0.717) is 0 Å². The van der Waals surface area contributed by atoms with Gasteiger partial charge in [-0.25, -0.2) is 0 Å². The molecule has 1 aromatic heterocycles. The average Bonchev–Trinajstić information content (AvgIpc) is 3.45. The molecule has 1 aliphatic rings. The Morgan fingerprint density at radius 2 is 1.04 bits per heavy atom. The second-order valence-electron chi connectivity index (χ2n) is 13.8. The fourth-order valence-electron chi connectivity index (χ4n) is 7.77. The minimum absolute atomic E-state index is 0.0987. The Labute approximate surface area is 269 Å². The quantitative estimate of drug-likeness (QED) is 0.189. The number of hydrogen-bond donors (Lipinski definition) is 0. The van der Waals surface area contributed by atoms with Crippen molar-refractivity contribution >= 4 is 60.5 Å². The highest BCUT2D eigenvalue weighted by atomic mass is 16.3. The van der Waals surface area contributed by atoms with Crippen molar-refractivity contribution in [2.24, 2.45) is 0 Å². The molecule has 7 aromatic carbocycles. The van der Waals surface area contributed by atoms with Crippen LogP contribution in [0.4, 0.5) is 17.1 Å². The van der Waals surface area contributed by atoms with E-state index in [9.17, 15) is 0 Å². The lowest BCUT2D eigenvalue weighted by atomic mass is 9.55. The molecule has 46 heavy (non-hydrogen) atoms. The van der Waals surface area contributed by atoms with Crippen LogP contribution in [0.5, 0.6) is 0 Å². The van der Waals surface area contributed by atoms with Gasteiger partial charge in [0.15, 0.2) is 0 Å². The van der Waals surface area contributed by atoms with E-state index >= 15 is 0 Å². The molecule has 9 rings (SSSR count). The minimum Gasteiger partial charge on any atom is -0.456 e. The van der Waals surface area contributed by atoms with Crippen molar-refractivity contribution in [1.82, 2.24) is 0 Å². The van der Waals surface area contributed by atoms with Gasteiger partial charge in [0.25, 0.3) is 0 Å². The van der Waals surface area contributed by atoms with Gasteiger partial charge in [-0.05, 0) is 109 Å². The van der Waals surface area contributed by atoms with Crippen LogP contribution in [0, 0.1) is 0 Å². The first-order valence-corrected chi connectivity index (χ1v) is 16.2. The molecule has 0 bridgehead atoms. The monoisotopic (exact) mass is 593 g/mol. The first-order chi connectivity index (χ1) is 22.3. The van der Waals surface area contributed by atoms with Gasteiger partial charge in [0.05, 0.1) is 0 Å². The highest BCUT2D eigenvalue weighted by molar-refractivity contribution is 6.10. The fraction of sp³-hybridized carbons (Fsp3) is 0.136. The summed E-state index contributed by atoms with van der Waals surface area (Å²) in [4.78, 5) is 2.36. The molecular formula is C44H35NO. The van der Waals surface area contributed by atoms with Crippen LogP contribution >= 0.6 is 0 Å². The lowest BCUT2D eigenvalue weighted by molar-refractivity contribution is 0.299. The van der Waals surface area contributed by atoms with Crippen LogP contribution < -0.4 is 4.90 Å². The number of para-hydroxylation sites is 2. The third-order valence-electron chi connectivity index (χ3n) is 11.0. The van der Waals surface area contributed by atoms with Crippen LogP contribution in [0.2, 0.25) is 0 Å². The van der Waals surface area contributed by atoms with Gasteiger partial charge in [0, 0.05) is 33.9 Å². The predicted octanol–water partition coefficient (Wildman–Crippen LogP) is 12.6. The molecule has 0 fully saturated rings. The van der Waals surface area contributed by atoms with Crippen LogP contribution in [0.15, 0.2) is 144 Å².